The first kappa shape index (κ1) is 20.9. The highest BCUT2D eigenvalue weighted by atomic mass is 35.5. The first-order chi connectivity index (χ1) is 12.7. The van der Waals surface area contributed by atoms with E-state index in [1.165, 1.54) is 38.2 Å². The lowest BCUT2D eigenvalue weighted by molar-refractivity contribution is -0.121. The van der Waals surface area contributed by atoms with E-state index in [4.69, 9.17) is 11.6 Å². The van der Waals surface area contributed by atoms with Crippen LogP contribution in [0.4, 0.5) is 5.69 Å². The predicted molar refractivity (Wildman–Crippen MR) is 104 cm³/mol. The molecule has 2 aromatic carbocycles. The van der Waals surface area contributed by atoms with Crippen LogP contribution in [0.5, 0.6) is 0 Å². The molecule has 0 spiro atoms. The van der Waals surface area contributed by atoms with Crippen molar-refractivity contribution in [2.75, 3.05) is 18.9 Å². The van der Waals surface area contributed by atoms with E-state index >= 15 is 0 Å². The van der Waals surface area contributed by atoms with E-state index in [0.29, 0.717) is 10.7 Å². The van der Waals surface area contributed by atoms with E-state index in [0.717, 1.165) is 9.87 Å². The molecule has 0 heterocycles. The summed E-state index contributed by atoms with van der Waals surface area (Å²) in [5.41, 5.74) is 1.34. The van der Waals surface area contributed by atoms with Gasteiger partial charge in [0.25, 0.3) is 0 Å². The zero-order valence-electron chi connectivity index (χ0n) is 14.9. The molecule has 2 aromatic rings. The molecule has 2 rings (SSSR count). The van der Waals surface area contributed by atoms with E-state index in [9.17, 15) is 18.0 Å². The van der Waals surface area contributed by atoms with Crippen LogP contribution in [0.25, 0.3) is 0 Å². The smallest absolute Gasteiger partial charge is 0.243 e. The summed E-state index contributed by atoms with van der Waals surface area (Å²) < 4.78 is 26.1. The van der Waals surface area contributed by atoms with Crippen molar-refractivity contribution in [1.82, 2.24) is 9.62 Å². The van der Waals surface area contributed by atoms with Gasteiger partial charge in [0.05, 0.1) is 11.4 Å². The minimum Gasteiger partial charge on any atom is -0.351 e. The molecule has 0 aliphatic carbocycles. The van der Waals surface area contributed by atoms with Crippen LogP contribution in [0.2, 0.25) is 5.02 Å². The molecule has 0 aromatic heterocycles. The maximum atomic E-state index is 12.6. The van der Waals surface area contributed by atoms with E-state index in [1.54, 1.807) is 24.3 Å². The summed E-state index contributed by atoms with van der Waals surface area (Å²) in [6, 6.07) is 12.7. The molecule has 0 atom stereocenters. The summed E-state index contributed by atoms with van der Waals surface area (Å²) in [5, 5.41) is 5.83. The van der Waals surface area contributed by atoms with Gasteiger partial charge in [0.1, 0.15) is 0 Å². The molecule has 0 bridgehead atoms. The number of carbonyl (C=O) groups is 2. The van der Waals surface area contributed by atoms with Crippen molar-refractivity contribution in [3.63, 3.8) is 0 Å². The van der Waals surface area contributed by atoms with Crippen LogP contribution in [-0.2, 0) is 26.2 Å². The standard InChI is InChI=1S/C18H20ClN3O4S/c1-13(23)21-16-7-9-17(10-8-16)27(25,26)22(2)12-18(24)20-11-14-3-5-15(19)6-4-14/h3-10H,11-12H2,1-2H3,(H,20,24)(H,21,23). The number of hydrogen-bond acceptors (Lipinski definition) is 4. The fourth-order valence-electron chi connectivity index (χ4n) is 2.24. The Bertz CT molecular complexity index is 913. The molecule has 0 saturated carbocycles. The number of nitrogens with one attached hydrogen (secondary N) is 2. The van der Waals surface area contributed by atoms with Crippen molar-refractivity contribution in [3.8, 4) is 0 Å². The second-order valence-corrected chi connectivity index (χ2v) is 8.35. The molecule has 0 fully saturated rings. The summed E-state index contributed by atoms with van der Waals surface area (Å²) in [5.74, 6) is -0.675. The fourth-order valence-corrected chi connectivity index (χ4v) is 3.49. The van der Waals surface area contributed by atoms with Gasteiger partial charge in [0.15, 0.2) is 0 Å². The monoisotopic (exact) mass is 409 g/mol. The van der Waals surface area contributed by atoms with Crippen LogP contribution in [-0.4, -0.2) is 38.1 Å². The Labute approximate surface area is 163 Å². The molecular formula is C18H20ClN3O4S. The van der Waals surface area contributed by atoms with Gasteiger partial charge in [-0.1, -0.05) is 23.7 Å². The van der Waals surface area contributed by atoms with E-state index < -0.39 is 15.9 Å². The molecule has 7 nitrogen and oxygen atoms in total. The SMILES string of the molecule is CC(=O)Nc1ccc(S(=O)(=O)N(C)CC(=O)NCc2ccc(Cl)cc2)cc1. The lowest BCUT2D eigenvalue weighted by atomic mass is 10.2. The number of hydrogen-bond donors (Lipinski definition) is 2. The molecule has 0 unspecified atom stereocenters. The first-order valence-electron chi connectivity index (χ1n) is 8.03. The number of likely N-dealkylation sites (N-methyl/N-ethyl adjacent to an activating group) is 1. The van der Waals surface area contributed by atoms with Crippen LogP contribution in [0, 0.1) is 0 Å². The normalized spacial score (nSPS) is 11.3. The summed E-state index contributed by atoms with van der Waals surface area (Å²) in [4.78, 5) is 23.1. The van der Waals surface area contributed by atoms with Gasteiger partial charge < -0.3 is 10.6 Å². The molecule has 9 heteroatoms. The fraction of sp³-hybridized carbons (Fsp3) is 0.222. The Morgan fingerprint density at radius 1 is 1.04 bits per heavy atom. The first-order valence-corrected chi connectivity index (χ1v) is 9.85. The molecule has 144 valence electrons. The van der Waals surface area contributed by atoms with Gasteiger partial charge in [-0.25, -0.2) is 8.42 Å². The highest BCUT2D eigenvalue weighted by molar-refractivity contribution is 7.89. The highest BCUT2D eigenvalue weighted by Crippen LogP contribution is 2.17. The van der Waals surface area contributed by atoms with Crippen LogP contribution in [0.1, 0.15) is 12.5 Å². The Balaban J connectivity index is 1.96. The van der Waals surface area contributed by atoms with E-state index in [1.807, 2.05) is 0 Å². The average molecular weight is 410 g/mol. The lowest BCUT2D eigenvalue weighted by Gasteiger charge is -2.17. The molecular weight excluding hydrogens is 390 g/mol. The summed E-state index contributed by atoms with van der Waals surface area (Å²) in [6.07, 6.45) is 0. The molecule has 0 radical (unpaired) electrons. The maximum Gasteiger partial charge on any atom is 0.243 e. The number of benzene rings is 2. The lowest BCUT2D eigenvalue weighted by Crippen LogP contribution is -2.38. The number of amides is 2. The van der Waals surface area contributed by atoms with Crippen molar-refractivity contribution in [1.29, 1.82) is 0 Å². The summed E-state index contributed by atoms with van der Waals surface area (Å²) >= 11 is 5.80. The largest absolute Gasteiger partial charge is 0.351 e. The van der Waals surface area contributed by atoms with Gasteiger partial charge in [-0.05, 0) is 42.0 Å². The minimum atomic E-state index is -3.83. The summed E-state index contributed by atoms with van der Waals surface area (Å²) in [6.45, 7) is 1.32. The van der Waals surface area contributed by atoms with Crippen molar-refractivity contribution in [2.45, 2.75) is 18.4 Å². The maximum absolute atomic E-state index is 12.6. The second-order valence-electron chi connectivity index (χ2n) is 5.87. The van der Waals surface area contributed by atoms with Crippen LogP contribution >= 0.6 is 11.6 Å². The van der Waals surface area contributed by atoms with Crippen molar-refractivity contribution in [2.24, 2.45) is 0 Å². The van der Waals surface area contributed by atoms with Crippen LogP contribution < -0.4 is 10.6 Å². The molecule has 27 heavy (non-hydrogen) atoms. The minimum absolute atomic E-state index is 0.0320. The van der Waals surface area contributed by atoms with Gasteiger partial charge >= 0.3 is 0 Å². The zero-order chi connectivity index (χ0) is 20.0. The Kier molecular flexibility index (Phi) is 6.95. The molecule has 2 amide bonds. The predicted octanol–water partition coefficient (Wildman–Crippen LogP) is 2.24. The number of rotatable bonds is 7. The summed E-state index contributed by atoms with van der Waals surface area (Å²) in [7, 11) is -2.49. The van der Waals surface area contributed by atoms with Crippen molar-refractivity contribution < 1.29 is 18.0 Å². The van der Waals surface area contributed by atoms with Gasteiger partial charge in [-0.15, -0.1) is 0 Å². The van der Waals surface area contributed by atoms with Crippen LogP contribution in [0.15, 0.2) is 53.4 Å². The Morgan fingerprint density at radius 2 is 1.63 bits per heavy atom. The zero-order valence-corrected chi connectivity index (χ0v) is 16.5. The number of nitrogens with zero attached hydrogens (tertiary/aromatic N) is 1. The van der Waals surface area contributed by atoms with Gasteiger partial charge in [-0.2, -0.15) is 4.31 Å². The van der Waals surface area contributed by atoms with Crippen molar-refractivity contribution in [3.05, 3.63) is 59.1 Å². The number of anilines is 1. The third kappa shape index (κ3) is 6.06. The Hall–Kier alpha value is -2.42. The quantitative estimate of drug-likeness (QED) is 0.733. The highest BCUT2D eigenvalue weighted by Gasteiger charge is 2.22. The molecule has 0 saturated heterocycles. The Morgan fingerprint density at radius 3 is 2.19 bits per heavy atom. The molecule has 0 aliphatic heterocycles. The second kappa shape index (κ2) is 8.98. The molecule has 0 aliphatic rings. The van der Waals surface area contributed by atoms with Crippen LogP contribution in [0.3, 0.4) is 0 Å². The average Bonchev–Trinajstić information content (AvgIpc) is 2.61. The third-order valence-corrected chi connectivity index (χ3v) is 5.72. The van der Waals surface area contributed by atoms with Gasteiger partial charge in [-0.3, -0.25) is 9.59 Å². The third-order valence-electron chi connectivity index (χ3n) is 3.65. The number of sulfonamides is 1. The van der Waals surface area contributed by atoms with E-state index in [2.05, 4.69) is 10.6 Å². The van der Waals surface area contributed by atoms with Crippen molar-refractivity contribution >= 4 is 39.1 Å². The van der Waals surface area contributed by atoms with Gasteiger partial charge in [0.2, 0.25) is 21.8 Å². The molecule has 2 N–H and O–H groups in total. The topological polar surface area (TPSA) is 95.6 Å². The van der Waals surface area contributed by atoms with E-state index in [-0.39, 0.29) is 23.9 Å². The number of halogens is 1. The van der Waals surface area contributed by atoms with Gasteiger partial charge in [0, 0.05) is 31.2 Å². The number of carbonyl (C=O) groups excluding carboxylic acids is 2.